The van der Waals surface area contributed by atoms with Gasteiger partial charge in [0.05, 0.1) is 15.5 Å². The summed E-state index contributed by atoms with van der Waals surface area (Å²) < 4.78 is 19.0. The first kappa shape index (κ1) is 24.2. The van der Waals surface area contributed by atoms with Gasteiger partial charge in [0.15, 0.2) is 0 Å². The molecular weight excluding hydrogens is 499 g/mol. The van der Waals surface area contributed by atoms with Gasteiger partial charge in [-0.25, -0.2) is 9.18 Å². The maximum Gasteiger partial charge on any atom is 0.335 e. The standard InChI is InChI=1S/C24H16ClFN2O6S/c1-12-2-3-13(23(31)32)8-16(12)19-7-5-15(34-19)10-20-22(30)28(24(33)35-20)11-21(29)27-14-4-6-18(26)17(25)9-14/h2-10H,11H2,1H3,(H,27,29)(H,31,32)/b20-10-. The van der Waals surface area contributed by atoms with E-state index < -0.39 is 35.4 Å². The summed E-state index contributed by atoms with van der Waals surface area (Å²) in [5, 5.41) is 10.9. The fraction of sp³-hybridized carbons (Fsp3) is 0.0833. The zero-order valence-corrected chi connectivity index (χ0v) is 19.6. The quantitative estimate of drug-likeness (QED) is 0.422. The maximum absolute atomic E-state index is 13.3. The van der Waals surface area contributed by atoms with Crippen LogP contribution in [0.15, 0.2) is 57.9 Å². The predicted molar refractivity (Wildman–Crippen MR) is 129 cm³/mol. The SMILES string of the molecule is Cc1ccc(C(=O)O)cc1-c1ccc(/C=C2\SC(=O)N(CC(=O)Nc3ccc(F)c(Cl)c3)C2=O)o1. The van der Waals surface area contributed by atoms with Gasteiger partial charge in [0.1, 0.15) is 23.9 Å². The molecule has 0 unspecified atom stereocenters. The van der Waals surface area contributed by atoms with E-state index in [1.807, 2.05) is 0 Å². The Kier molecular flexibility index (Phi) is 6.77. The van der Waals surface area contributed by atoms with Gasteiger partial charge in [0.2, 0.25) is 5.91 Å². The zero-order chi connectivity index (χ0) is 25.3. The van der Waals surface area contributed by atoms with E-state index in [4.69, 9.17) is 16.0 Å². The topological polar surface area (TPSA) is 117 Å². The first-order valence-electron chi connectivity index (χ1n) is 10.1. The van der Waals surface area contributed by atoms with Crippen LogP contribution in [0.5, 0.6) is 0 Å². The number of carbonyl (C=O) groups is 4. The number of thioether (sulfide) groups is 1. The van der Waals surface area contributed by atoms with Gasteiger partial charge < -0.3 is 14.8 Å². The maximum atomic E-state index is 13.3. The van der Waals surface area contributed by atoms with Gasteiger partial charge >= 0.3 is 5.97 Å². The number of benzene rings is 2. The lowest BCUT2D eigenvalue weighted by atomic mass is 10.0. The lowest BCUT2D eigenvalue weighted by Gasteiger charge is -2.12. The van der Waals surface area contributed by atoms with Gasteiger partial charge in [0, 0.05) is 17.3 Å². The van der Waals surface area contributed by atoms with Gasteiger partial charge in [-0.1, -0.05) is 17.7 Å². The molecule has 35 heavy (non-hydrogen) atoms. The van der Waals surface area contributed by atoms with Crippen molar-refractivity contribution in [1.82, 2.24) is 4.90 Å². The molecule has 0 atom stereocenters. The summed E-state index contributed by atoms with van der Waals surface area (Å²) in [6, 6.07) is 11.4. The number of rotatable bonds is 6. The molecule has 2 heterocycles. The minimum atomic E-state index is -1.07. The van der Waals surface area contributed by atoms with E-state index in [1.54, 1.807) is 25.1 Å². The molecule has 11 heteroatoms. The number of amides is 3. The number of hydrogen-bond acceptors (Lipinski definition) is 6. The highest BCUT2D eigenvalue weighted by Crippen LogP contribution is 2.34. The van der Waals surface area contributed by atoms with E-state index in [9.17, 15) is 28.7 Å². The van der Waals surface area contributed by atoms with Crippen molar-refractivity contribution in [3.63, 3.8) is 0 Å². The highest BCUT2D eigenvalue weighted by atomic mass is 35.5. The third-order valence-electron chi connectivity index (χ3n) is 5.03. The molecule has 4 rings (SSSR count). The van der Waals surface area contributed by atoms with Crippen molar-refractivity contribution in [2.24, 2.45) is 0 Å². The second kappa shape index (κ2) is 9.77. The Balaban J connectivity index is 1.48. The third kappa shape index (κ3) is 5.28. The normalized spacial score (nSPS) is 14.6. The Morgan fingerprint density at radius 1 is 1.17 bits per heavy atom. The molecule has 2 aromatic carbocycles. The molecule has 1 aliphatic rings. The molecule has 0 aliphatic carbocycles. The van der Waals surface area contributed by atoms with Crippen LogP contribution < -0.4 is 5.32 Å². The first-order valence-corrected chi connectivity index (χ1v) is 11.3. The number of carboxylic acids is 1. The van der Waals surface area contributed by atoms with Crippen molar-refractivity contribution in [2.75, 3.05) is 11.9 Å². The summed E-state index contributed by atoms with van der Waals surface area (Å²) in [7, 11) is 0. The fourth-order valence-corrected chi connectivity index (χ4v) is 4.28. The van der Waals surface area contributed by atoms with Crippen molar-refractivity contribution in [3.8, 4) is 11.3 Å². The van der Waals surface area contributed by atoms with Crippen molar-refractivity contribution >= 4 is 58.1 Å². The molecule has 0 saturated carbocycles. The minimum absolute atomic E-state index is 0.0598. The molecular formula is C24H16ClFN2O6S. The lowest BCUT2D eigenvalue weighted by Crippen LogP contribution is -2.36. The van der Waals surface area contributed by atoms with Crippen LogP contribution in [0.2, 0.25) is 5.02 Å². The number of aryl methyl sites for hydroxylation is 1. The molecule has 178 valence electrons. The lowest BCUT2D eigenvalue weighted by molar-refractivity contribution is -0.127. The molecule has 0 spiro atoms. The smallest absolute Gasteiger partial charge is 0.335 e. The molecule has 1 aromatic heterocycles. The molecule has 1 aliphatic heterocycles. The Morgan fingerprint density at radius 2 is 1.94 bits per heavy atom. The zero-order valence-electron chi connectivity index (χ0n) is 18.0. The molecule has 2 N–H and O–H groups in total. The average molecular weight is 515 g/mol. The summed E-state index contributed by atoms with van der Waals surface area (Å²) in [6.45, 7) is 1.26. The van der Waals surface area contributed by atoms with E-state index >= 15 is 0 Å². The average Bonchev–Trinajstić information content (AvgIpc) is 3.36. The van der Waals surface area contributed by atoms with E-state index in [1.165, 1.54) is 30.3 Å². The number of carboxylic acid groups (broad SMARTS) is 1. The van der Waals surface area contributed by atoms with Crippen LogP contribution in [0.1, 0.15) is 21.7 Å². The van der Waals surface area contributed by atoms with Crippen molar-refractivity contribution in [1.29, 1.82) is 0 Å². The third-order valence-corrected chi connectivity index (χ3v) is 6.23. The van der Waals surface area contributed by atoms with Crippen molar-refractivity contribution in [3.05, 3.63) is 81.2 Å². The van der Waals surface area contributed by atoms with Crippen LogP contribution in [-0.2, 0) is 9.59 Å². The van der Waals surface area contributed by atoms with Gasteiger partial charge in [-0.15, -0.1) is 0 Å². The van der Waals surface area contributed by atoms with E-state index in [2.05, 4.69) is 5.32 Å². The van der Waals surface area contributed by atoms with Crippen LogP contribution in [0.25, 0.3) is 17.4 Å². The van der Waals surface area contributed by atoms with Gasteiger partial charge in [-0.2, -0.15) is 0 Å². The number of aromatic carboxylic acids is 1. The van der Waals surface area contributed by atoms with Gasteiger partial charge in [0.25, 0.3) is 11.1 Å². The van der Waals surface area contributed by atoms with Crippen LogP contribution in [0, 0.1) is 12.7 Å². The molecule has 3 aromatic rings. The van der Waals surface area contributed by atoms with Crippen molar-refractivity contribution < 1.29 is 33.1 Å². The molecule has 8 nitrogen and oxygen atoms in total. The van der Waals surface area contributed by atoms with Crippen LogP contribution >= 0.6 is 23.4 Å². The number of nitrogens with zero attached hydrogens (tertiary/aromatic N) is 1. The summed E-state index contributed by atoms with van der Waals surface area (Å²) in [5.74, 6) is -2.38. The molecule has 0 radical (unpaired) electrons. The van der Waals surface area contributed by atoms with Crippen LogP contribution in [-0.4, -0.2) is 39.6 Å². The molecule has 1 saturated heterocycles. The second-order valence-electron chi connectivity index (χ2n) is 7.48. The number of furan rings is 1. The predicted octanol–water partition coefficient (Wildman–Crippen LogP) is 5.42. The number of halogens is 2. The summed E-state index contributed by atoms with van der Waals surface area (Å²) in [5.41, 5.74) is 1.69. The molecule has 3 amide bonds. The highest BCUT2D eigenvalue weighted by molar-refractivity contribution is 8.18. The van der Waals surface area contributed by atoms with Crippen molar-refractivity contribution in [2.45, 2.75) is 6.92 Å². The summed E-state index contributed by atoms with van der Waals surface area (Å²) >= 11 is 6.34. The fourth-order valence-electron chi connectivity index (χ4n) is 3.28. The van der Waals surface area contributed by atoms with E-state index in [0.717, 1.165) is 16.5 Å². The first-order chi connectivity index (χ1) is 16.6. The highest BCUT2D eigenvalue weighted by Gasteiger charge is 2.36. The van der Waals surface area contributed by atoms with Gasteiger partial charge in [-0.3, -0.25) is 19.3 Å². The van der Waals surface area contributed by atoms with E-state index in [-0.39, 0.29) is 26.9 Å². The number of carbonyl (C=O) groups excluding carboxylic acids is 3. The Bertz CT molecular complexity index is 1420. The Hall–Kier alpha value is -3.89. The Labute approximate surface area is 207 Å². The number of anilines is 1. The summed E-state index contributed by atoms with van der Waals surface area (Å²) in [6.07, 6.45) is 1.38. The number of hydrogen-bond donors (Lipinski definition) is 2. The Morgan fingerprint density at radius 3 is 2.66 bits per heavy atom. The second-order valence-corrected chi connectivity index (χ2v) is 8.88. The number of nitrogens with one attached hydrogen (secondary N) is 1. The summed E-state index contributed by atoms with van der Waals surface area (Å²) in [4.78, 5) is 49.5. The molecule has 0 bridgehead atoms. The largest absolute Gasteiger partial charge is 0.478 e. The van der Waals surface area contributed by atoms with E-state index in [0.29, 0.717) is 23.1 Å². The van der Waals surface area contributed by atoms with Crippen LogP contribution in [0.4, 0.5) is 14.9 Å². The monoisotopic (exact) mass is 514 g/mol. The number of imide groups is 1. The minimum Gasteiger partial charge on any atom is -0.478 e. The van der Waals surface area contributed by atoms with Crippen LogP contribution in [0.3, 0.4) is 0 Å². The molecule has 1 fully saturated rings. The van der Waals surface area contributed by atoms with Gasteiger partial charge in [-0.05, 0) is 66.7 Å².